The average Bonchev–Trinajstić information content (AvgIpc) is 2.69. The van der Waals surface area contributed by atoms with E-state index in [4.69, 9.17) is 5.73 Å². The Balaban J connectivity index is 2.52. The Morgan fingerprint density at radius 3 is 2.53 bits per heavy atom. The molecule has 0 unspecified atom stereocenters. The van der Waals surface area contributed by atoms with Crippen LogP contribution in [0.3, 0.4) is 0 Å². The number of rotatable bonds is 3. The van der Waals surface area contributed by atoms with Crippen molar-refractivity contribution in [3.8, 4) is 0 Å². The molecule has 2 N–H and O–H groups in total. The molecule has 0 saturated heterocycles. The van der Waals surface area contributed by atoms with Gasteiger partial charge in [-0.05, 0) is 12.1 Å². The molecule has 1 aromatic carbocycles. The van der Waals surface area contributed by atoms with Crippen LogP contribution in [0.25, 0.3) is 0 Å². The number of aryl methyl sites for hydroxylation is 1. The number of para-hydroxylation sites is 1. The van der Waals surface area contributed by atoms with Gasteiger partial charge in [0.05, 0.1) is 5.69 Å². The first-order chi connectivity index (χ1) is 8.84. The zero-order chi connectivity index (χ0) is 14.2. The third-order valence-corrected chi connectivity index (χ3v) is 4.44. The molecule has 0 spiro atoms. The van der Waals surface area contributed by atoms with Gasteiger partial charge in [-0.15, -0.1) is 0 Å². The monoisotopic (exact) mass is 284 g/mol. The van der Waals surface area contributed by atoms with Gasteiger partial charge in [0.25, 0.3) is 10.0 Å². The summed E-state index contributed by atoms with van der Waals surface area (Å²) >= 11 is 0. The van der Waals surface area contributed by atoms with Gasteiger partial charge in [0.2, 0.25) is 0 Å². The van der Waals surface area contributed by atoms with Crippen molar-refractivity contribution in [2.45, 2.75) is 4.90 Å². The van der Waals surface area contributed by atoms with E-state index in [1.165, 1.54) is 36.1 Å². The van der Waals surface area contributed by atoms with E-state index in [-0.39, 0.29) is 16.4 Å². The highest BCUT2D eigenvalue weighted by molar-refractivity contribution is 7.93. The number of nitrogen functional groups attached to an aromatic ring is 1. The highest BCUT2D eigenvalue weighted by Crippen LogP contribution is 2.26. The largest absolute Gasteiger partial charge is 0.381 e. The number of halogens is 1. The van der Waals surface area contributed by atoms with Crippen LogP contribution in [-0.2, 0) is 17.1 Å². The molecule has 2 rings (SSSR count). The normalized spacial score (nSPS) is 11.5. The summed E-state index contributed by atoms with van der Waals surface area (Å²) in [7, 11) is -1.12. The predicted molar refractivity (Wildman–Crippen MR) is 69.6 cm³/mol. The predicted octanol–water partition coefficient (Wildman–Crippen LogP) is 0.967. The summed E-state index contributed by atoms with van der Waals surface area (Å²) in [6, 6.07) is 5.60. The fraction of sp³-hybridized carbons (Fsp3) is 0.182. The van der Waals surface area contributed by atoms with Crippen molar-refractivity contribution >= 4 is 21.5 Å². The lowest BCUT2D eigenvalue weighted by molar-refractivity contribution is 0.590. The van der Waals surface area contributed by atoms with E-state index in [1.807, 2.05) is 0 Å². The molecule has 1 heterocycles. The van der Waals surface area contributed by atoms with E-state index in [1.54, 1.807) is 13.1 Å². The lowest BCUT2D eigenvalue weighted by Gasteiger charge is -2.19. The van der Waals surface area contributed by atoms with Gasteiger partial charge in [-0.3, -0.25) is 8.99 Å². The number of anilines is 2. The third-order valence-electron chi connectivity index (χ3n) is 2.65. The minimum atomic E-state index is -3.94. The standard InChI is InChI=1S/C11H13FN4O2S/c1-15-7-10(11(13)14-15)19(17,18)16(2)9-6-4-3-5-8(9)12/h3-7H,1-2H3,(H2,13,14). The molecule has 0 amide bonds. The van der Waals surface area contributed by atoms with Gasteiger partial charge >= 0.3 is 0 Å². The molecule has 6 nitrogen and oxygen atoms in total. The van der Waals surface area contributed by atoms with E-state index in [9.17, 15) is 12.8 Å². The summed E-state index contributed by atoms with van der Waals surface area (Å²) in [5, 5.41) is 3.77. The smallest absolute Gasteiger partial charge is 0.269 e. The Morgan fingerprint density at radius 2 is 2.00 bits per heavy atom. The van der Waals surface area contributed by atoms with Gasteiger partial charge < -0.3 is 5.73 Å². The summed E-state index contributed by atoms with van der Waals surface area (Å²) in [6.45, 7) is 0. The summed E-state index contributed by atoms with van der Waals surface area (Å²) < 4.78 is 40.5. The van der Waals surface area contributed by atoms with E-state index in [0.29, 0.717) is 0 Å². The Labute approximate surface area is 110 Å². The van der Waals surface area contributed by atoms with E-state index in [0.717, 1.165) is 4.31 Å². The Kier molecular flexibility index (Phi) is 3.19. The molecule has 1 aromatic heterocycles. The van der Waals surface area contributed by atoms with Gasteiger partial charge in [-0.1, -0.05) is 12.1 Å². The van der Waals surface area contributed by atoms with Crippen LogP contribution in [0.15, 0.2) is 35.4 Å². The van der Waals surface area contributed by atoms with Crippen molar-refractivity contribution in [2.75, 3.05) is 17.1 Å². The Morgan fingerprint density at radius 1 is 1.37 bits per heavy atom. The molecule has 0 saturated carbocycles. The van der Waals surface area contributed by atoms with Gasteiger partial charge in [-0.25, -0.2) is 12.8 Å². The van der Waals surface area contributed by atoms with Crippen LogP contribution in [0, 0.1) is 5.82 Å². The van der Waals surface area contributed by atoms with Gasteiger partial charge in [0, 0.05) is 20.3 Å². The molecular weight excluding hydrogens is 271 g/mol. The van der Waals surface area contributed by atoms with Crippen molar-refractivity contribution in [3.05, 3.63) is 36.3 Å². The maximum atomic E-state index is 13.6. The van der Waals surface area contributed by atoms with Crippen molar-refractivity contribution in [3.63, 3.8) is 0 Å². The molecule has 0 bridgehead atoms. The second kappa shape index (κ2) is 4.54. The van der Waals surface area contributed by atoms with Crippen LogP contribution >= 0.6 is 0 Å². The molecule has 2 aromatic rings. The molecule has 19 heavy (non-hydrogen) atoms. The zero-order valence-electron chi connectivity index (χ0n) is 10.4. The van der Waals surface area contributed by atoms with Crippen molar-refractivity contribution in [1.29, 1.82) is 0 Å². The lowest BCUT2D eigenvalue weighted by atomic mass is 10.3. The summed E-state index contributed by atoms with van der Waals surface area (Å²) in [4.78, 5) is -0.152. The minimum Gasteiger partial charge on any atom is -0.381 e. The number of nitrogens with zero attached hydrogens (tertiary/aromatic N) is 3. The number of sulfonamides is 1. The topological polar surface area (TPSA) is 81.2 Å². The van der Waals surface area contributed by atoms with E-state index >= 15 is 0 Å². The van der Waals surface area contributed by atoms with Crippen molar-refractivity contribution < 1.29 is 12.8 Å². The lowest BCUT2D eigenvalue weighted by Crippen LogP contribution is -2.27. The maximum absolute atomic E-state index is 13.6. The summed E-state index contributed by atoms with van der Waals surface area (Å²) in [5.74, 6) is -0.748. The molecule has 0 fully saturated rings. The quantitative estimate of drug-likeness (QED) is 0.910. The Hall–Kier alpha value is -2.09. The molecule has 0 atom stereocenters. The second-order valence-electron chi connectivity index (χ2n) is 3.98. The maximum Gasteiger partial charge on any atom is 0.269 e. The fourth-order valence-electron chi connectivity index (χ4n) is 1.67. The zero-order valence-corrected chi connectivity index (χ0v) is 11.2. The van der Waals surface area contributed by atoms with Crippen LogP contribution in [-0.4, -0.2) is 25.2 Å². The van der Waals surface area contributed by atoms with Gasteiger partial charge in [-0.2, -0.15) is 5.10 Å². The number of nitrogens with two attached hydrogens (primary N) is 1. The van der Waals surface area contributed by atoms with Crippen LogP contribution < -0.4 is 10.0 Å². The fourth-order valence-corrected chi connectivity index (χ4v) is 2.96. The highest BCUT2D eigenvalue weighted by atomic mass is 32.2. The number of hydrogen-bond donors (Lipinski definition) is 1. The molecule has 102 valence electrons. The first-order valence-electron chi connectivity index (χ1n) is 5.36. The summed E-state index contributed by atoms with van der Waals surface area (Å²) in [6.07, 6.45) is 1.28. The molecule has 0 aliphatic carbocycles. The second-order valence-corrected chi connectivity index (χ2v) is 5.91. The first-order valence-corrected chi connectivity index (χ1v) is 6.80. The van der Waals surface area contributed by atoms with Crippen LogP contribution in [0.2, 0.25) is 0 Å². The minimum absolute atomic E-state index is 0.0502. The number of benzene rings is 1. The molecule has 0 radical (unpaired) electrons. The highest BCUT2D eigenvalue weighted by Gasteiger charge is 2.27. The Bertz CT molecular complexity index is 711. The molecule has 0 aliphatic heterocycles. The first kappa shape index (κ1) is 13.3. The van der Waals surface area contributed by atoms with Crippen LogP contribution in [0.5, 0.6) is 0 Å². The van der Waals surface area contributed by atoms with Crippen molar-refractivity contribution in [2.24, 2.45) is 7.05 Å². The molecule has 8 heteroatoms. The number of aromatic nitrogens is 2. The summed E-state index contributed by atoms with van der Waals surface area (Å²) in [5.41, 5.74) is 5.50. The number of hydrogen-bond acceptors (Lipinski definition) is 4. The van der Waals surface area contributed by atoms with Gasteiger partial charge in [0.15, 0.2) is 5.82 Å². The average molecular weight is 284 g/mol. The molecular formula is C11H13FN4O2S. The SMILES string of the molecule is CN(c1ccccc1F)S(=O)(=O)c1cn(C)nc1N. The van der Waals surface area contributed by atoms with E-state index < -0.39 is 15.8 Å². The van der Waals surface area contributed by atoms with Crippen LogP contribution in [0.1, 0.15) is 0 Å². The van der Waals surface area contributed by atoms with Crippen molar-refractivity contribution in [1.82, 2.24) is 9.78 Å². The van der Waals surface area contributed by atoms with E-state index in [2.05, 4.69) is 5.10 Å². The third kappa shape index (κ3) is 2.26. The molecule has 0 aliphatic rings. The van der Waals surface area contributed by atoms with Gasteiger partial charge in [0.1, 0.15) is 10.7 Å². The van der Waals surface area contributed by atoms with Crippen LogP contribution in [0.4, 0.5) is 15.9 Å².